The summed E-state index contributed by atoms with van der Waals surface area (Å²) in [5.41, 5.74) is 0.262. The molecule has 21 heavy (non-hydrogen) atoms. The fourth-order valence-corrected chi connectivity index (χ4v) is 2.40. The maximum absolute atomic E-state index is 12.4. The van der Waals surface area contributed by atoms with E-state index in [4.69, 9.17) is 5.14 Å². The Morgan fingerprint density at radius 1 is 1.29 bits per heavy atom. The number of benzene rings is 1. The zero-order valence-corrected chi connectivity index (χ0v) is 12.3. The summed E-state index contributed by atoms with van der Waals surface area (Å²) in [5.74, 6) is -0.900. The summed E-state index contributed by atoms with van der Waals surface area (Å²) in [6.07, 6.45) is -4.53. The highest BCUT2D eigenvalue weighted by Crippen LogP contribution is 2.20. The molecule has 0 saturated heterocycles. The number of rotatable bonds is 4. The van der Waals surface area contributed by atoms with Crippen LogP contribution in [0.25, 0.3) is 0 Å². The predicted molar refractivity (Wildman–Crippen MR) is 70.2 cm³/mol. The lowest BCUT2D eigenvalue weighted by Gasteiger charge is -2.22. The van der Waals surface area contributed by atoms with Crippen molar-refractivity contribution in [2.24, 2.45) is 5.14 Å². The first kappa shape index (κ1) is 17.4. The molecule has 0 atom stereocenters. The van der Waals surface area contributed by atoms with E-state index in [1.807, 2.05) is 0 Å². The van der Waals surface area contributed by atoms with E-state index in [2.05, 4.69) is 0 Å². The number of carbonyl (C=O) groups is 1. The molecule has 9 heteroatoms. The van der Waals surface area contributed by atoms with Gasteiger partial charge in [0.2, 0.25) is 10.0 Å². The lowest BCUT2D eigenvalue weighted by molar-refractivity contribution is -0.140. The number of primary sulfonamides is 1. The monoisotopic (exact) mass is 324 g/mol. The van der Waals surface area contributed by atoms with E-state index >= 15 is 0 Å². The lowest BCUT2D eigenvalue weighted by Crippen LogP contribution is -2.38. The summed E-state index contributed by atoms with van der Waals surface area (Å²) in [5, 5.41) is 4.97. The van der Waals surface area contributed by atoms with E-state index < -0.39 is 28.7 Å². The fourth-order valence-electron chi connectivity index (χ4n) is 1.76. The van der Waals surface area contributed by atoms with E-state index in [0.717, 1.165) is 6.07 Å². The second-order valence-electron chi connectivity index (χ2n) is 4.51. The molecule has 0 aliphatic heterocycles. The molecular weight excluding hydrogens is 309 g/mol. The summed E-state index contributed by atoms with van der Waals surface area (Å²) in [7, 11) is -4.04. The van der Waals surface area contributed by atoms with Crippen LogP contribution in [0.15, 0.2) is 23.1 Å². The molecule has 0 bridgehead atoms. The molecule has 0 aliphatic carbocycles. The van der Waals surface area contributed by atoms with Gasteiger partial charge in [0.15, 0.2) is 0 Å². The Morgan fingerprint density at radius 2 is 1.86 bits per heavy atom. The van der Waals surface area contributed by atoms with Gasteiger partial charge in [0.25, 0.3) is 5.91 Å². The molecule has 0 unspecified atom stereocenters. The summed E-state index contributed by atoms with van der Waals surface area (Å²) >= 11 is 0. The van der Waals surface area contributed by atoms with Gasteiger partial charge in [0.05, 0.1) is 4.90 Å². The molecule has 0 fully saturated rings. The van der Waals surface area contributed by atoms with Crippen molar-refractivity contribution in [1.82, 2.24) is 4.90 Å². The zero-order valence-electron chi connectivity index (χ0n) is 11.4. The maximum Gasteiger partial charge on any atom is 0.406 e. The number of hydrogen-bond donors (Lipinski definition) is 1. The van der Waals surface area contributed by atoms with Gasteiger partial charge in [-0.05, 0) is 37.6 Å². The second-order valence-corrected chi connectivity index (χ2v) is 6.08. The number of hydrogen-bond acceptors (Lipinski definition) is 3. The van der Waals surface area contributed by atoms with Crippen LogP contribution in [0.5, 0.6) is 0 Å². The van der Waals surface area contributed by atoms with Gasteiger partial charge in [-0.15, -0.1) is 0 Å². The topological polar surface area (TPSA) is 80.5 Å². The quantitative estimate of drug-likeness (QED) is 0.915. The number of halogens is 3. The first-order valence-corrected chi connectivity index (χ1v) is 7.49. The smallest absolute Gasteiger partial charge is 0.330 e. The van der Waals surface area contributed by atoms with Crippen LogP contribution in [0.3, 0.4) is 0 Å². The molecular formula is C12H15F3N2O3S. The van der Waals surface area contributed by atoms with Crippen molar-refractivity contribution in [2.45, 2.75) is 24.9 Å². The van der Waals surface area contributed by atoms with Crippen molar-refractivity contribution in [3.63, 3.8) is 0 Å². The highest BCUT2D eigenvalue weighted by atomic mass is 32.2. The van der Waals surface area contributed by atoms with Crippen molar-refractivity contribution >= 4 is 15.9 Å². The van der Waals surface area contributed by atoms with Crippen molar-refractivity contribution in [3.8, 4) is 0 Å². The molecule has 0 spiro atoms. The Hall–Kier alpha value is -1.61. The average molecular weight is 324 g/mol. The summed E-state index contributed by atoms with van der Waals surface area (Å²) in [6, 6.07) is 3.53. The Bertz CT molecular complexity index is 642. The van der Waals surface area contributed by atoms with Gasteiger partial charge in [-0.3, -0.25) is 4.79 Å². The second kappa shape index (κ2) is 6.02. The van der Waals surface area contributed by atoms with Gasteiger partial charge < -0.3 is 4.90 Å². The first-order valence-electron chi connectivity index (χ1n) is 5.94. The van der Waals surface area contributed by atoms with Crippen LogP contribution in [0.4, 0.5) is 13.2 Å². The number of sulfonamides is 1. The number of nitrogens with two attached hydrogens (primary N) is 1. The lowest BCUT2D eigenvalue weighted by atomic mass is 10.1. The van der Waals surface area contributed by atoms with Gasteiger partial charge in [-0.25, -0.2) is 13.6 Å². The molecule has 1 rings (SSSR count). The molecule has 2 N–H and O–H groups in total. The molecule has 0 radical (unpaired) electrons. The minimum atomic E-state index is -4.53. The third-order valence-electron chi connectivity index (χ3n) is 2.67. The van der Waals surface area contributed by atoms with Crippen molar-refractivity contribution < 1.29 is 26.4 Å². The number of aryl methyl sites for hydroxylation is 1. The molecule has 1 aromatic rings. The summed E-state index contributed by atoms with van der Waals surface area (Å²) in [6.45, 7) is 1.36. The number of amides is 1. The van der Waals surface area contributed by atoms with Gasteiger partial charge in [0, 0.05) is 12.1 Å². The maximum atomic E-state index is 12.4. The van der Waals surface area contributed by atoms with Crippen LogP contribution in [-0.4, -0.2) is 38.5 Å². The number of nitrogens with zero attached hydrogens (tertiary/aromatic N) is 1. The van der Waals surface area contributed by atoms with Crippen LogP contribution in [0, 0.1) is 6.92 Å². The van der Waals surface area contributed by atoms with E-state index in [-0.39, 0.29) is 17.0 Å². The van der Waals surface area contributed by atoms with Crippen LogP contribution in [0.1, 0.15) is 22.8 Å². The Labute approximate surface area is 120 Å². The van der Waals surface area contributed by atoms with Gasteiger partial charge in [0.1, 0.15) is 6.54 Å². The third kappa shape index (κ3) is 5.01. The van der Waals surface area contributed by atoms with E-state index in [1.54, 1.807) is 0 Å². The number of carbonyl (C=O) groups excluding carboxylic acids is 1. The van der Waals surface area contributed by atoms with Crippen molar-refractivity contribution in [3.05, 3.63) is 29.3 Å². The van der Waals surface area contributed by atoms with E-state index in [0.29, 0.717) is 10.5 Å². The Morgan fingerprint density at radius 3 is 2.29 bits per heavy atom. The average Bonchev–Trinajstić information content (AvgIpc) is 2.32. The van der Waals surface area contributed by atoms with Gasteiger partial charge in [-0.1, -0.05) is 0 Å². The van der Waals surface area contributed by atoms with Crippen molar-refractivity contribution in [1.29, 1.82) is 0 Å². The van der Waals surface area contributed by atoms with Crippen molar-refractivity contribution in [2.75, 3.05) is 13.1 Å². The summed E-state index contributed by atoms with van der Waals surface area (Å²) in [4.78, 5) is 12.3. The Kier molecular flexibility index (Phi) is 5.00. The minimum absolute atomic E-state index is 0.148. The van der Waals surface area contributed by atoms with Crippen LogP contribution in [-0.2, 0) is 10.0 Å². The first-order chi connectivity index (χ1) is 9.44. The summed E-state index contributed by atoms with van der Waals surface area (Å²) < 4.78 is 59.8. The molecule has 5 nitrogen and oxygen atoms in total. The minimum Gasteiger partial charge on any atom is -0.330 e. The van der Waals surface area contributed by atoms with Gasteiger partial charge >= 0.3 is 6.18 Å². The third-order valence-corrected chi connectivity index (χ3v) is 3.56. The zero-order chi connectivity index (χ0) is 16.4. The molecule has 1 amide bonds. The molecule has 0 heterocycles. The van der Waals surface area contributed by atoms with E-state index in [1.165, 1.54) is 26.0 Å². The number of alkyl halides is 3. The molecule has 0 aliphatic rings. The molecule has 118 valence electrons. The van der Waals surface area contributed by atoms with E-state index in [9.17, 15) is 26.4 Å². The van der Waals surface area contributed by atoms with Crippen LogP contribution >= 0.6 is 0 Å². The largest absolute Gasteiger partial charge is 0.406 e. The fraction of sp³-hybridized carbons (Fsp3) is 0.417. The van der Waals surface area contributed by atoms with Gasteiger partial charge in [-0.2, -0.15) is 13.2 Å². The predicted octanol–water partition coefficient (Wildman–Crippen LogP) is 1.67. The van der Waals surface area contributed by atoms with Crippen LogP contribution < -0.4 is 5.14 Å². The standard InChI is InChI=1S/C12H15F3N2O3S/c1-3-17(7-12(13,14)15)11(18)9-4-8(2)5-10(6-9)21(16,19)20/h4-6H,3,7H2,1-2H3,(H2,16,19,20). The molecule has 0 aromatic heterocycles. The SMILES string of the molecule is CCN(CC(F)(F)F)C(=O)c1cc(C)cc(S(N)(=O)=O)c1. The highest BCUT2D eigenvalue weighted by Gasteiger charge is 2.32. The molecule has 0 saturated carbocycles. The highest BCUT2D eigenvalue weighted by molar-refractivity contribution is 7.89. The van der Waals surface area contributed by atoms with Crippen LogP contribution in [0.2, 0.25) is 0 Å². The normalized spacial score (nSPS) is 12.3. The Balaban J connectivity index is 3.20. The molecule has 1 aromatic carbocycles.